The van der Waals surface area contributed by atoms with E-state index in [1.807, 2.05) is 12.1 Å². The monoisotopic (exact) mass is 293 g/mol. The van der Waals surface area contributed by atoms with E-state index in [4.69, 9.17) is 0 Å². The zero-order valence-electron chi connectivity index (χ0n) is 13.1. The molecule has 2 unspecified atom stereocenters. The summed E-state index contributed by atoms with van der Waals surface area (Å²) >= 11 is 0. The minimum Gasteiger partial charge on any atom is -0.396 e. The maximum absolute atomic E-state index is 11.8. The Hall–Kier alpha value is -1.33. The standard InChI is InChI=1S/C16H27N3O2/c1-19(2)16(21)15-9-8-13(18-15)10-17-14-7-5-3-4-6-12(14)11-20/h8-9,12,14,17-18,20H,3-7,10-11H2,1-2H3. The van der Waals surface area contributed by atoms with Crippen LogP contribution in [-0.2, 0) is 6.54 Å². The summed E-state index contributed by atoms with van der Waals surface area (Å²) in [5, 5.41) is 13.1. The summed E-state index contributed by atoms with van der Waals surface area (Å²) in [5.74, 6) is 0.342. The zero-order chi connectivity index (χ0) is 15.2. The third-order valence-corrected chi connectivity index (χ3v) is 4.33. The largest absolute Gasteiger partial charge is 0.396 e. The average Bonchev–Trinajstić information content (AvgIpc) is 2.82. The number of nitrogens with one attached hydrogen (secondary N) is 2. The van der Waals surface area contributed by atoms with Crippen LogP contribution in [0.25, 0.3) is 0 Å². The first-order valence-corrected chi connectivity index (χ1v) is 7.85. The summed E-state index contributed by atoms with van der Waals surface area (Å²) in [6, 6.07) is 4.15. The Bertz CT molecular complexity index is 456. The van der Waals surface area contributed by atoms with Gasteiger partial charge in [0.2, 0.25) is 0 Å². The molecule has 1 amide bonds. The van der Waals surface area contributed by atoms with Gasteiger partial charge in [-0.1, -0.05) is 19.3 Å². The Morgan fingerprint density at radius 2 is 2.10 bits per heavy atom. The average molecular weight is 293 g/mol. The number of aliphatic hydroxyl groups is 1. The molecule has 0 spiro atoms. The van der Waals surface area contributed by atoms with Crippen LogP contribution in [0.4, 0.5) is 0 Å². The second kappa shape index (κ2) is 7.61. The van der Waals surface area contributed by atoms with Crippen LogP contribution in [0.15, 0.2) is 12.1 Å². The molecule has 2 atom stereocenters. The minimum absolute atomic E-state index is 0.0102. The number of hydrogen-bond donors (Lipinski definition) is 3. The molecule has 1 aromatic heterocycles. The number of aromatic amines is 1. The van der Waals surface area contributed by atoms with Gasteiger partial charge >= 0.3 is 0 Å². The summed E-state index contributed by atoms with van der Waals surface area (Å²) < 4.78 is 0. The maximum atomic E-state index is 11.8. The van der Waals surface area contributed by atoms with Crippen LogP contribution in [-0.4, -0.2) is 47.6 Å². The molecule has 118 valence electrons. The highest BCUT2D eigenvalue weighted by atomic mass is 16.3. The van der Waals surface area contributed by atoms with Crippen LogP contribution < -0.4 is 5.32 Å². The van der Waals surface area contributed by atoms with Crippen LogP contribution in [0.3, 0.4) is 0 Å². The van der Waals surface area contributed by atoms with Crippen LogP contribution in [0.5, 0.6) is 0 Å². The second-order valence-electron chi connectivity index (χ2n) is 6.16. The molecule has 3 N–H and O–H groups in total. The molecule has 1 aliphatic carbocycles. The summed E-state index contributed by atoms with van der Waals surface area (Å²) in [7, 11) is 3.50. The molecule has 0 aromatic carbocycles. The van der Waals surface area contributed by atoms with Gasteiger partial charge in [0.15, 0.2) is 0 Å². The van der Waals surface area contributed by atoms with Crippen molar-refractivity contribution < 1.29 is 9.90 Å². The predicted molar refractivity (Wildman–Crippen MR) is 83.1 cm³/mol. The first kappa shape index (κ1) is 16.0. The van der Waals surface area contributed by atoms with Crippen LogP contribution in [0.2, 0.25) is 0 Å². The van der Waals surface area contributed by atoms with Crippen LogP contribution in [0, 0.1) is 5.92 Å². The first-order valence-electron chi connectivity index (χ1n) is 7.85. The van der Waals surface area contributed by atoms with E-state index in [2.05, 4.69) is 10.3 Å². The summed E-state index contributed by atoms with van der Waals surface area (Å²) in [5.41, 5.74) is 1.64. The van der Waals surface area contributed by atoms with E-state index >= 15 is 0 Å². The number of aromatic nitrogens is 1. The molecule has 1 aliphatic rings. The maximum Gasteiger partial charge on any atom is 0.269 e. The van der Waals surface area contributed by atoms with Crippen molar-refractivity contribution in [2.24, 2.45) is 5.92 Å². The Morgan fingerprint density at radius 1 is 1.33 bits per heavy atom. The SMILES string of the molecule is CN(C)C(=O)c1ccc(CNC2CCCCCC2CO)[nH]1. The number of carbonyl (C=O) groups is 1. The van der Waals surface area contributed by atoms with Crippen molar-refractivity contribution in [2.45, 2.75) is 44.7 Å². The molecule has 5 heteroatoms. The highest BCUT2D eigenvalue weighted by Gasteiger charge is 2.22. The molecule has 0 bridgehead atoms. The van der Waals surface area contributed by atoms with Crippen molar-refractivity contribution in [3.63, 3.8) is 0 Å². The number of H-pyrrole nitrogens is 1. The third-order valence-electron chi connectivity index (χ3n) is 4.33. The molecule has 1 aromatic rings. The minimum atomic E-state index is -0.0102. The van der Waals surface area contributed by atoms with E-state index in [0.29, 0.717) is 24.2 Å². The van der Waals surface area contributed by atoms with Gasteiger partial charge in [0.1, 0.15) is 5.69 Å². The van der Waals surface area contributed by atoms with Gasteiger partial charge in [0, 0.05) is 39.0 Å². The van der Waals surface area contributed by atoms with E-state index in [0.717, 1.165) is 18.5 Å². The molecule has 1 saturated carbocycles. The van der Waals surface area contributed by atoms with Crippen molar-refractivity contribution in [2.75, 3.05) is 20.7 Å². The number of carbonyl (C=O) groups excluding carboxylic acids is 1. The zero-order valence-corrected chi connectivity index (χ0v) is 13.1. The highest BCUT2D eigenvalue weighted by molar-refractivity contribution is 5.92. The summed E-state index contributed by atoms with van der Waals surface area (Å²) in [4.78, 5) is 16.6. The van der Waals surface area contributed by atoms with Crippen molar-refractivity contribution in [1.29, 1.82) is 0 Å². The fourth-order valence-corrected chi connectivity index (χ4v) is 3.02. The van der Waals surface area contributed by atoms with E-state index in [1.54, 1.807) is 19.0 Å². The number of aliphatic hydroxyl groups excluding tert-OH is 1. The Morgan fingerprint density at radius 3 is 2.81 bits per heavy atom. The smallest absolute Gasteiger partial charge is 0.269 e. The molecule has 0 aliphatic heterocycles. The Labute approximate surface area is 126 Å². The molecule has 21 heavy (non-hydrogen) atoms. The van der Waals surface area contributed by atoms with Crippen LogP contribution in [0.1, 0.15) is 48.3 Å². The Kier molecular flexibility index (Phi) is 5.82. The topological polar surface area (TPSA) is 68.4 Å². The van der Waals surface area contributed by atoms with Gasteiger partial charge in [0.25, 0.3) is 5.91 Å². The molecular formula is C16H27N3O2. The van der Waals surface area contributed by atoms with Gasteiger partial charge in [-0.25, -0.2) is 0 Å². The highest BCUT2D eigenvalue weighted by Crippen LogP contribution is 2.23. The normalized spacial score (nSPS) is 22.8. The van der Waals surface area contributed by atoms with Gasteiger partial charge in [-0.3, -0.25) is 4.79 Å². The van der Waals surface area contributed by atoms with Gasteiger partial charge in [-0.15, -0.1) is 0 Å². The predicted octanol–water partition coefficient (Wildman–Crippen LogP) is 1.75. The molecule has 5 nitrogen and oxygen atoms in total. The van der Waals surface area contributed by atoms with Crippen molar-refractivity contribution in [3.8, 4) is 0 Å². The second-order valence-corrected chi connectivity index (χ2v) is 6.16. The van der Waals surface area contributed by atoms with E-state index in [-0.39, 0.29) is 12.5 Å². The van der Waals surface area contributed by atoms with Gasteiger partial charge < -0.3 is 20.3 Å². The fourth-order valence-electron chi connectivity index (χ4n) is 3.02. The van der Waals surface area contributed by atoms with E-state index < -0.39 is 0 Å². The van der Waals surface area contributed by atoms with Crippen molar-refractivity contribution in [3.05, 3.63) is 23.5 Å². The first-order chi connectivity index (χ1) is 10.1. The third kappa shape index (κ3) is 4.32. The molecule has 1 heterocycles. The molecule has 2 rings (SSSR count). The quantitative estimate of drug-likeness (QED) is 0.724. The lowest BCUT2D eigenvalue weighted by atomic mass is 9.95. The lowest BCUT2D eigenvalue weighted by molar-refractivity contribution is 0.0822. The van der Waals surface area contributed by atoms with E-state index in [1.165, 1.54) is 19.3 Å². The lowest BCUT2D eigenvalue weighted by Crippen LogP contribution is -2.37. The summed E-state index contributed by atoms with van der Waals surface area (Å²) in [6.45, 7) is 0.967. The number of hydrogen-bond acceptors (Lipinski definition) is 3. The number of nitrogens with zero attached hydrogens (tertiary/aromatic N) is 1. The van der Waals surface area contributed by atoms with Crippen molar-refractivity contribution >= 4 is 5.91 Å². The molecule has 0 radical (unpaired) electrons. The van der Waals surface area contributed by atoms with E-state index in [9.17, 15) is 9.90 Å². The lowest BCUT2D eigenvalue weighted by Gasteiger charge is -2.24. The van der Waals surface area contributed by atoms with Gasteiger partial charge in [-0.2, -0.15) is 0 Å². The molecular weight excluding hydrogens is 266 g/mol. The van der Waals surface area contributed by atoms with Gasteiger partial charge in [-0.05, 0) is 30.9 Å². The Balaban J connectivity index is 1.91. The summed E-state index contributed by atoms with van der Waals surface area (Å²) in [6.07, 6.45) is 5.92. The number of amides is 1. The van der Waals surface area contributed by atoms with Crippen molar-refractivity contribution in [1.82, 2.24) is 15.2 Å². The van der Waals surface area contributed by atoms with Gasteiger partial charge in [0.05, 0.1) is 0 Å². The van der Waals surface area contributed by atoms with Crippen LogP contribution >= 0.6 is 0 Å². The number of rotatable bonds is 5. The molecule has 0 saturated heterocycles. The fraction of sp³-hybridized carbons (Fsp3) is 0.688. The molecule has 1 fully saturated rings.